The summed E-state index contributed by atoms with van der Waals surface area (Å²) in [5.41, 5.74) is -2.23. The third-order valence-corrected chi connectivity index (χ3v) is 8.82. The molecule has 6 aliphatic rings. The average Bonchev–Trinajstić information content (AvgIpc) is 3.19. The van der Waals surface area contributed by atoms with Crippen LogP contribution in [0.3, 0.4) is 0 Å². The summed E-state index contributed by atoms with van der Waals surface area (Å²) in [7, 11) is 0. The maximum absolute atomic E-state index is 13.2. The Kier molecular flexibility index (Phi) is 2.87. The van der Waals surface area contributed by atoms with Gasteiger partial charge in [0.1, 0.15) is 11.5 Å². The minimum atomic E-state index is -1.38. The lowest BCUT2D eigenvalue weighted by Crippen LogP contribution is -2.70. The summed E-state index contributed by atoms with van der Waals surface area (Å²) in [6.45, 7) is 6.16. The molecule has 3 heterocycles. The molecule has 6 fully saturated rings. The number of ether oxygens (including phenoxy) is 3. The normalized spacial score (nSPS) is 60.7. The fraction of sp³-hybridized carbons (Fsp3) is 0.800. The van der Waals surface area contributed by atoms with Crippen molar-refractivity contribution in [3.63, 3.8) is 0 Å². The van der Waals surface area contributed by atoms with Crippen LogP contribution in [0.15, 0.2) is 12.2 Å². The van der Waals surface area contributed by atoms with Crippen LogP contribution in [0, 0.1) is 34.0 Å². The number of hydrogen-bond donors (Lipinski definition) is 2. The standard InChI is InChI=1S/C20H24O7/c1-8-9-5-10(21)12-19(6-9,14(8)22)17(24)26-11-3-4-18(2)13-15(27-16(18)23)25-7-20(11,12)13/h9-13,15-16,21,23H,1,3-7H2,2H3. The van der Waals surface area contributed by atoms with Gasteiger partial charge in [0.2, 0.25) is 0 Å². The number of ketones is 1. The van der Waals surface area contributed by atoms with Crippen LogP contribution in [0.5, 0.6) is 0 Å². The number of aliphatic hydroxyl groups excluding tert-OH is 2. The van der Waals surface area contributed by atoms with Crippen LogP contribution < -0.4 is 0 Å². The summed E-state index contributed by atoms with van der Waals surface area (Å²) in [5.74, 6) is -1.80. The molecule has 3 aliphatic heterocycles. The van der Waals surface area contributed by atoms with Gasteiger partial charge in [-0.15, -0.1) is 0 Å². The van der Waals surface area contributed by atoms with E-state index >= 15 is 0 Å². The number of carbonyl (C=O) groups is 2. The number of rotatable bonds is 0. The Bertz CT molecular complexity index is 793. The Labute approximate surface area is 156 Å². The highest BCUT2D eigenvalue weighted by atomic mass is 16.7. The fourth-order valence-electron chi connectivity index (χ4n) is 7.76. The van der Waals surface area contributed by atoms with Crippen molar-refractivity contribution in [1.29, 1.82) is 0 Å². The largest absolute Gasteiger partial charge is 0.461 e. The summed E-state index contributed by atoms with van der Waals surface area (Å²) >= 11 is 0. The van der Waals surface area contributed by atoms with E-state index in [1.54, 1.807) is 0 Å². The molecule has 3 saturated carbocycles. The van der Waals surface area contributed by atoms with E-state index in [1.807, 2.05) is 6.92 Å². The molecule has 3 saturated heterocycles. The molecule has 0 aromatic carbocycles. The number of Topliss-reactive ketones (excluding diaryl/α,β-unsaturated/α-hetero) is 1. The zero-order chi connectivity index (χ0) is 18.9. The minimum Gasteiger partial charge on any atom is -0.461 e. The second-order valence-electron chi connectivity index (χ2n) is 9.70. The summed E-state index contributed by atoms with van der Waals surface area (Å²) < 4.78 is 17.6. The van der Waals surface area contributed by atoms with Crippen molar-refractivity contribution < 1.29 is 34.0 Å². The zero-order valence-corrected chi connectivity index (χ0v) is 15.2. The van der Waals surface area contributed by atoms with E-state index in [4.69, 9.17) is 14.2 Å². The van der Waals surface area contributed by atoms with Gasteiger partial charge in [-0.1, -0.05) is 13.5 Å². The van der Waals surface area contributed by atoms with Crippen LogP contribution in [-0.2, 0) is 23.8 Å². The highest BCUT2D eigenvalue weighted by Crippen LogP contribution is 2.73. The molecule has 2 spiro atoms. The molecule has 0 aromatic heterocycles. The quantitative estimate of drug-likeness (QED) is 0.361. The van der Waals surface area contributed by atoms with Gasteiger partial charge in [0.25, 0.3) is 0 Å². The first-order chi connectivity index (χ1) is 12.8. The molecular weight excluding hydrogens is 352 g/mol. The van der Waals surface area contributed by atoms with Crippen molar-refractivity contribution in [2.24, 2.45) is 34.0 Å². The van der Waals surface area contributed by atoms with E-state index in [-0.39, 0.29) is 24.2 Å². The maximum Gasteiger partial charge on any atom is 0.320 e. The summed E-state index contributed by atoms with van der Waals surface area (Å²) in [6.07, 6.45) is -0.846. The third kappa shape index (κ3) is 1.52. The van der Waals surface area contributed by atoms with Crippen LogP contribution in [-0.4, -0.2) is 53.4 Å². The van der Waals surface area contributed by atoms with Crippen molar-refractivity contribution in [1.82, 2.24) is 0 Å². The number of aliphatic hydroxyl groups is 2. The molecule has 6 rings (SSSR count). The van der Waals surface area contributed by atoms with E-state index in [0.717, 1.165) is 0 Å². The van der Waals surface area contributed by atoms with Gasteiger partial charge in [0.15, 0.2) is 18.4 Å². The molecule has 27 heavy (non-hydrogen) atoms. The van der Waals surface area contributed by atoms with Crippen molar-refractivity contribution >= 4 is 11.8 Å². The van der Waals surface area contributed by atoms with E-state index in [0.29, 0.717) is 31.3 Å². The third-order valence-electron chi connectivity index (χ3n) is 8.82. The van der Waals surface area contributed by atoms with E-state index in [9.17, 15) is 19.8 Å². The lowest BCUT2D eigenvalue weighted by atomic mass is 9.43. The molecule has 0 aromatic rings. The lowest BCUT2D eigenvalue weighted by Gasteiger charge is -2.61. The van der Waals surface area contributed by atoms with Gasteiger partial charge in [-0.3, -0.25) is 9.59 Å². The molecule has 2 N–H and O–H groups in total. The van der Waals surface area contributed by atoms with E-state index in [2.05, 4.69) is 6.58 Å². The summed E-state index contributed by atoms with van der Waals surface area (Å²) in [6, 6.07) is 0. The van der Waals surface area contributed by atoms with E-state index < -0.39 is 52.9 Å². The fourth-order valence-corrected chi connectivity index (χ4v) is 7.76. The van der Waals surface area contributed by atoms with Gasteiger partial charge in [0, 0.05) is 22.7 Å². The number of hydrogen-bond acceptors (Lipinski definition) is 7. The van der Waals surface area contributed by atoms with Crippen LogP contribution in [0.1, 0.15) is 32.6 Å². The number of carbonyl (C=O) groups excluding carboxylic acids is 2. The number of esters is 1. The van der Waals surface area contributed by atoms with Gasteiger partial charge in [-0.05, 0) is 37.2 Å². The monoisotopic (exact) mass is 376 g/mol. The van der Waals surface area contributed by atoms with Gasteiger partial charge in [-0.2, -0.15) is 0 Å². The van der Waals surface area contributed by atoms with Gasteiger partial charge in [-0.25, -0.2) is 0 Å². The SMILES string of the molecule is C=C1C(=O)C23CC1CC(O)C2C12COC4OC(O)C(C)(CCC1OC3=O)C42. The predicted octanol–water partition coefficient (Wildman–Crippen LogP) is 0.532. The molecule has 0 amide bonds. The van der Waals surface area contributed by atoms with Crippen molar-refractivity contribution in [3.8, 4) is 0 Å². The zero-order valence-electron chi connectivity index (χ0n) is 15.2. The molecule has 10 atom stereocenters. The second-order valence-corrected chi connectivity index (χ2v) is 9.70. The van der Waals surface area contributed by atoms with Crippen molar-refractivity contribution in [2.75, 3.05) is 6.61 Å². The van der Waals surface area contributed by atoms with Crippen molar-refractivity contribution in [2.45, 2.75) is 57.4 Å². The first-order valence-corrected chi connectivity index (χ1v) is 9.84. The van der Waals surface area contributed by atoms with Crippen LogP contribution in [0.4, 0.5) is 0 Å². The first kappa shape index (κ1) is 16.7. The summed E-state index contributed by atoms with van der Waals surface area (Å²) in [5, 5.41) is 21.8. The molecule has 2 bridgehead atoms. The van der Waals surface area contributed by atoms with Crippen LogP contribution in [0.25, 0.3) is 0 Å². The molecule has 3 aliphatic carbocycles. The average molecular weight is 376 g/mol. The Morgan fingerprint density at radius 3 is 2.78 bits per heavy atom. The predicted molar refractivity (Wildman–Crippen MR) is 88.8 cm³/mol. The van der Waals surface area contributed by atoms with Crippen LogP contribution >= 0.6 is 0 Å². The highest BCUT2D eigenvalue weighted by Gasteiger charge is 2.81. The summed E-state index contributed by atoms with van der Waals surface area (Å²) in [4.78, 5) is 26.4. The minimum absolute atomic E-state index is 0.178. The Balaban J connectivity index is 1.59. The smallest absolute Gasteiger partial charge is 0.320 e. The number of allylic oxidation sites excluding steroid dienone is 1. The maximum atomic E-state index is 13.2. The molecule has 146 valence electrons. The first-order valence-electron chi connectivity index (χ1n) is 9.84. The molecule has 7 heteroatoms. The molecule has 10 unspecified atom stereocenters. The molecule has 0 radical (unpaired) electrons. The highest BCUT2D eigenvalue weighted by molar-refractivity contribution is 6.15. The van der Waals surface area contributed by atoms with E-state index in [1.165, 1.54) is 0 Å². The van der Waals surface area contributed by atoms with Crippen LogP contribution in [0.2, 0.25) is 0 Å². The van der Waals surface area contributed by atoms with Crippen molar-refractivity contribution in [3.05, 3.63) is 12.2 Å². The Morgan fingerprint density at radius 1 is 1.22 bits per heavy atom. The van der Waals surface area contributed by atoms with Gasteiger partial charge < -0.3 is 24.4 Å². The second kappa shape index (κ2) is 4.64. The number of fused-ring (bicyclic) bond motifs is 1. The molecular formula is C20H24O7. The lowest BCUT2D eigenvalue weighted by molar-refractivity contribution is -0.257. The van der Waals surface area contributed by atoms with Gasteiger partial charge in [0.05, 0.1) is 12.7 Å². The Morgan fingerprint density at radius 2 is 2.00 bits per heavy atom. The Hall–Kier alpha value is -1.28. The topological polar surface area (TPSA) is 102 Å². The molecule has 7 nitrogen and oxygen atoms in total. The van der Waals surface area contributed by atoms with Gasteiger partial charge >= 0.3 is 5.97 Å².